The number of rotatable bonds is 5. The summed E-state index contributed by atoms with van der Waals surface area (Å²) in [5.74, 6) is -1.06. The molecule has 2 aliphatic rings. The minimum Gasteiger partial charge on any atom is -0.481 e. The zero-order chi connectivity index (χ0) is 15.6. The minimum atomic E-state index is -0.791. The highest BCUT2D eigenvalue weighted by molar-refractivity contribution is 5.85. The molecule has 0 aromatic heterocycles. The van der Waals surface area contributed by atoms with Gasteiger partial charge in [-0.25, -0.2) is 0 Å². The van der Waals surface area contributed by atoms with Crippen molar-refractivity contribution >= 4 is 11.9 Å². The van der Waals surface area contributed by atoms with Crippen molar-refractivity contribution in [3.63, 3.8) is 0 Å². The molecule has 0 bridgehead atoms. The molecule has 1 aliphatic heterocycles. The van der Waals surface area contributed by atoms with E-state index < -0.39 is 11.9 Å². The summed E-state index contributed by atoms with van der Waals surface area (Å²) in [7, 11) is 0. The van der Waals surface area contributed by atoms with E-state index in [4.69, 9.17) is 0 Å². The van der Waals surface area contributed by atoms with Crippen LogP contribution >= 0.6 is 0 Å². The normalized spacial score (nSPS) is 31.6. The van der Waals surface area contributed by atoms with Gasteiger partial charge in [-0.1, -0.05) is 27.2 Å². The van der Waals surface area contributed by atoms with Gasteiger partial charge in [-0.15, -0.1) is 0 Å². The summed E-state index contributed by atoms with van der Waals surface area (Å²) in [6, 6.07) is 0. The number of carbonyl (C=O) groups excluding carboxylic acids is 1. The molecule has 120 valence electrons. The molecule has 0 aromatic carbocycles. The van der Waals surface area contributed by atoms with Crippen LogP contribution in [0.5, 0.6) is 0 Å². The monoisotopic (exact) mass is 295 g/mol. The number of aliphatic carboxylic acids is 1. The molecule has 0 radical (unpaired) electrons. The highest BCUT2D eigenvalue weighted by Crippen LogP contribution is 2.42. The quantitative estimate of drug-likeness (QED) is 0.847. The van der Waals surface area contributed by atoms with Gasteiger partial charge in [0.15, 0.2) is 0 Å². The lowest BCUT2D eigenvalue weighted by Crippen LogP contribution is -2.39. The van der Waals surface area contributed by atoms with E-state index in [9.17, 15) is 14.7 Å². The third-order valence-electron chi connectivity index (χ3n) is 6.12. The van der Waals surface area contributed by atoms with Crippen LogP contribution in [-0.4, -0.2) is 35.0 Å². The van der Waals surface area contributed by atoms with Gasteiger partial charge in [0.05, 0.1) is 11.8 Å². The molecule has 1 N–H and O–H groups in total. The highest BCUT2D eigenvalue weighted by atomic mass is 16.4. The minimum absolute atomic E-state index is 0.0992. The number of carboxylic acid groups (broad SMARTS) is 1. The first-order valence-corrected chi connectivity index (χ1v) is 8.48. The van der Waals surface area contributed by atoms with Crippen LogP contribution in [-0.2, 0) is 9.59 Å². The van der Waals surface area contributed by atoms with Crippen molar-refractivity contribution in [1.82, 2.24) is 4.90 Å². The molecule has 1 amide bonds. The predicted molar refractivity (Wildman–Crippen MR) is 81.8 cm³/mol. The van der Waals surface area contributed by atoms with Crippen LogP contribution in [0.3, 0.4) is 0 Å². The van der Waals surface area contributed by atoms with Gasteiger partial charge in [0, 0.05) is 13.1 Å². The van der Waals surface area contributed by atoms with E-state index in [1.54, 1.807) is 0 Å². The molecular formula is C17H29NO3. The number of carbonyl (C=O) groups is 2. The molecule has 2 rings (SSSR count). The first-order valence-electron chi connectivity index (χ1n) is 8.48. The van der Waals surface area contributed by atoms with Crippen LogP contribution in [0.25, 0.3) is 0 Å². The van der Waals surface area contributed by atoms with Gasteiger partial charge in [-0.2, -0.15) is 0 Å². The van der Waals surface area contributed by atoms with Gasteiger partial charge >= 0.3 is 5.97 Å². The number of nitrogens with zero attached hydrogens (tertiary/aromatic N) is 1. The van der Waals surface area contributed by atoms with Gasteiger partial charge in [-0.05, 0) is 43.4 Å². The molecule has 1 heterocycles. The Hall–Kier alpha value is -1.06. The summed E-state index contributed by atoms with van der Waals surface area (Å²) in [5.41, 5.74) is 0.261. The third-order valence-corrected chi connectivity index (χ3v) is 6.12. The van der Waals surface area contributed by atoms with Crippen molar-refractivity contribution in [2.45, 2.75) is 59.3 Å². The second-order valence-corrected chi connectivity index (χ2v) is 7.01. The Labute approximate surface area is 127 Å². The van der Waals surface area contributed by atoms with Crippen LogP contribution in [0, 0.1) is 23.2 Å². The zero-order valence-electron chi connectivity index (χ0n) is 13.6. The largest absolute Gasteiger partial charge is 0.481 e. The Morgan fingerprint density at radius 1 is 1.14 bits per heavy atom. The topological polar surface area (TPSA) is 57.6 Å². The summed E-state index contributed by atoms with van der Waals surface area (Å²) >= 11 is 0. The van der Waals surface area contributed by atoms with Gasteiger partial charge in [0.2, 0.25) is 5.91 Å². The fraction of sp³-hybridized carbons (Fsp3) is 0.882. The van der Waals surface area contributed by atoms with Crippen molar-refractivity contribution in [1.29, 1.82) is 0 Å². The summed E-state index contributed by atoms with van der Waals surface area (Å²) in [4.78, 5) is 26.2. The van der Waals surface area contributed by atoms with Crippen molar-refractivity contribution in [3.8, 4) is 0 Å². The van der Waals surface area contributed by atoms with E-state index in [2.05, 4.69) is 20.8 Å². The fourth-order valence-electron chi connectivity index (χ4n) is 4.21. The molecule has 3 atom stereocenters. The Morgan fingerprint density at radius 2 is 1.76 bits per heavy atom. The van der Waals surface area contributed by atoms with E-state index >= 15 is 0 Å². The molecule has 2 fully saturated rings. The average Bonchev–Trinajstić information content (AvgIpc) is 3.11. The molecule has 1 unspecified atom stereocenters. The van der Waals surface area contributed by atoms with Gasteiger partial charge in [-0.3, -0.25) is 9.59 Å². The summed E-state index contributed by atoms with van der Waals surface area (Å²) in [5, 5.41) is 9.41. The number of hydrogen-bond acceptors (Lipinski definition) is 2. The lowest BCUT2D eigenvalue weighted by molar-refractivity contribution is -0.148. The molecular weight excluding hydrogens is 266 g/mol. The lowest BCUT2D eigenvalue weighted by atomic mass is 9.82. The van der Waals surface area contributed by atoms with Crippen LogP contribution < -0.4 is 0 Å². The first-order chi connectivity index (χ1) is 9.96. The van der Waals surface area contributed by atoms with Crippen LogP contribution in [0.1, 0.15) is 59.3 Å². The Morgan fingerprint density at radius 3 is 2.24 bits per heavy atom. The van der Waals surface area contributed by atoms with E-state index in [1.807, 2.05) is 4.90 Å². The number of hydrogen-bond donors (Lipinski definition) is 1. The third kappa shape index (κ3) is 3.09. The SMILES string of the molecule is CCC1C[C@H](C(=O)N2CCC(CC)(CC)C2)[C@H](C(=O)O)C1. The van der Waals surface area contributed by atoms with Gasteiger partial charge < -0.3 is 10.0 Å². The summed E-state index contributed by atoms with van der Waals surface area (Å²) in [6.07, 6.45) is 5.65. The van der Waals surface area contributed by atoms with E-state index in [-0.39, 0.29) is 17.2 Å². The number of likely N-dealkylation sites (tertiary alicyclic amines) is 1. The fourth-order valence-corrected chi connectivity index (χ4v) is 4.21. The standard InChI is InChI=1S/C17H29NO3/c1-4-12-9-13(14(10-12)16(20)21)15(19)18-8-7-17(5-2,6-3)11-18/h12-14H,4-11H2,1-3H3,(H,20,21)/t12?,13-,14+/m0/s1. The average molecular weight is 295 g/mol. The van der Waals surface area contributed by atoms with Crippen LogP contribution in [0.2, 0.25) is 0 Å². The molecule has 4 nitrogen and oxygen atoms in total. The summed E-state index contributed by atoms with van der Waals surface area (Å²) in [6.45, 7) is 8.10. The number of carboxylic acids is 1. The summed E-state index contributed by atoms with van der Waals surface area (Å²) < 4.78 is 0. The Balaban J connectivity index is 2.07. The molecule has 4 heteroatoms. The molecule has 21 heavy (non-hydrogen) atoms. The van der Waals surface area contributed by atoms with E-state index in [0.29, 0.717) is 12.3 Å². The maximum atomic E-state index is 12.8. The maximum Gasteiger partial charge on any atom is 0.307 e. The highest BCUT2D eigenvalue weighted by Gasteiger charge is 2.46. The smallest absolute Gasteiger partial charge is 0.307 e. The number of amides is 1. The molecule has 1 saturated heterocycles. The first kappa shape index (κ1) is 16.3. The zero-order valence-corrected chi connectivity index (χ0v) is 13.6. The Kier molecular flexibility index (Phi) is 4.95. The van der Waals surface area contributed by atoms with Crippen molar-refractivity contribution in [2.24, 2.45) is 23.2 Å². The lowest BCUT2D eigenvalue weighted by Gasteiger charge is -2.28. The van der Waals surface area contributed by atoms with Crippen molar-refractivity contribution in [3.05, 3.63) is 0 Å². The molecule has 0 spiro atoms. The second-order valence-electron chi connectivity index (χ2n) is 7.01. The van der Waals surface area contributed by atoms with E-state index in [0.717, 1.165) is 45.2 Å². The Bertz CT molecular complexity index is 403. The van der Waals surface area contributed by atoms with Crippen molar-refractivity contribution < 1.29 is 14.7 Å². The van der Waals surface area contributed by atoms with Crippen LogP contribution in [0.15, 0.2) is 0 Å². The molecule has 0 aromatic rings. The van der Waals surface area contributed by atoms with Crippen molar-refractivity contribution in [2.75, 3.05) is 13.1 Å². The van der Waals surface area contributed by atoms with Gasteiger partial charge in [0.25, 0.3) is 0 Å². The second kappa shape index (κ2) is 6.37. The molecule has 1 aliphatic carbocycles. The van der Waals surface area contributed by atoms with E-state index in [1.165, 1.54) is 0 Å². The predicted octanol–water partition coefficient (Wildman–Crippen LogP) is 3.16. The maximum absolute atomic E-state index is 12.8. The molecule has 1 saturated carbocycles. The van der Waals surface area contributed by atoms with Gasteiger partial charge in [0.1, 0.15) is 0 Å². The van der Waals surface area contributed by atoms with Crippen LogP contribution in [0.4, 0.5) is 0 Å².